The molecule has 0 bridgehead atoms. The van der Waals surface area contributed by atoms with Gasteiger partial charge in [0.2, 0.25) is 11.8 Å². The zero-order valence-corrected chi connectivity index (χ0v) is 17.0. The quantitative estimate of drug-likeness (QED) is 0.451. The summed E-state index contributed by atoms with van der Waals surface area (Å²) in [7, 11) is 0. The predicted molar refractivity (Wildman–Crippen MR) is 120 cm³/mol. The molecule has 156 valence electrons. The van der Waals surface area contributed by atoms with Crippen molar-refractivity contribution in [3.63, 3.8) is 0 Å². The summed E-state index contributed by atoms with van der Waals surface area (Å²) in [5, 5.41) is 6.74. The van der Waals surface area contributed by atoms with E-state index in [-0.39, 0.29) is 11.8 Å². The molecule has 0 radical (unpaired) electrons. The van der Waals surface area contributed by atoms with E-state index < -0.39 is 6.04 Å². The van der Waals surface area contributed by atoms with Crippen LogP contribution in [0, 0.1) is 0 Å². The van der Waals surface area contributed by atoms with Gasteiger partial charge in [0.05, 0.1) is 17.4 Å². The number of carbonyl (C=O) groups is 2. The lowest BCUT2D eigenvalue weighted by Gasteiger charge is -2.19. The van der Waals surface area contributed by atoms with Crippen molar-refractivity contribution in [3.05, 3.63) is 72.4 Å². The minimum atomic E-state index is -0.623. The summed E-state index contributed by atoms with van der Waals surface area (Å²) in [5.41, 5.74) is 8.10. The van der Waals surface area contributed by atoms with E-state index in [1.54, 1.807) is 6.20 Å². The third-order valence-electron chi connectivity index (χ3n) is 4.93. The largest absolute Gasteiger partial charge is 0.344 e. The van der Waals surface area contributed by atoms with Gasteiger partial charge in [0, 0.05) is 11.8 Å². The number of para-hydroxylation sites is 1. The number of hydrogen-bond donors (Lipinski definition) is 3. The number of carbonyl (C=O) groups excluding carboxylic acids is 2. The Morgan fingerprint density at radius 1 is 1.00 bits per heavy atom. The average Bonchev–Trinajstić information content (AvgIpc) is 2.77. The van der Waals surface area contributed by atoms with E-state index in [1.807, 2.05) is 60.7 Å². The Kier molecular flexibility index (Phi) is 7.92. The molecule has 0 spiro atoms. The molecule has 6 heteroatoms. The van der Waals surface area contributed by atoms with Gasteiger partial charge in [-0.1, -0.05) is 48.5 Å². The summed E-state index contributed by atoms with van der Waals surface area (Å²) in [6, 6.07) is 18.9. The van der Waals surface area contributed by atoms with Crippen molar-refractivity contribution in [2.45, 2.75) is 38.1 Å². The van der Waals surface area contributed by atoms with E-state index in [1.165, 1.54) is 0 Å². The highest BCUT2D eigenvalue weighted by Gasteiger charge is 2.21. The lowest BCUT2D eigenvalue weighted by molar-refractivity contribution is -0.126. The Balaban J connectivity index is 1.67. The van der Waals surface area contributed by atoms with E-state index >= 15 is 0 Å². The average molecular weight is 405 g/mol. The van der Waals surface area contributed by atoms with Crippen LogP contribution in [0.25, 0.3) is 10.9 Å². The van der Waals surface area contributed by atoms with Crippen molar-refractivity contribution in [2.75, 3.05) is 11.9 Å². The Morgan fingerprint density at radius 3 is 2.57 bits per heavy atom. The Hall–Kier alpha value is -3.25. The van der Waals surface area contributed by atoms with Crippen LogP contribution in [-0.4, -0.2) is 29.4 Å². The summed E-state index contributed by atoms with van der Waals surface area (Å²) in [5.74, 6) is -0.372. The predicted octanol–water partition coefficient (Wildman–Crippen LogP) is 3.42. The molecule has 0 aliphatic rings. The first-order valence-electron chi connectivity index (χ1n) is 10.3. The molecule has 4 N–H and O–H groups in total. The maximum absolute atomic E-state index is 13.0. The van der Waals surface area contributed by atoms with E-state index in [0.29, 0.717) is 37.9 Å². The van der Waals surface area contributed by atoms with Crippen molar-refractivity contribution in [1.82, 2.24) is 10.3 Å². The van der Waals surface area contributed by atoms with E-state index in [9.17, 15) is 9.59 Å². The minimum Gasteiger partial charge on any atom is -0.344 e. The maximum Gasteiger partial charge on any atom is 0.247 e. The van der Waals surface area contributed by atoms with Crippen LogP contribution in [0.2, 0.25) is 0 Å². The number of fused-ring (bicyclic) bond motifs is 1. The fourth-order valence-electron chi connectivity index (χ4n) is 3.29. The van der Waals surface area contributed by atoms with Crippen LogP contribution in [-0.2, 0) is 16.0 Å². The number of amides is 2. The lowest BCUT2D eigenvalue weighted by Crippen LogP contribution is -2.44. The molecule has 1 atom stereocenters. The van der Waals surface area contributed by atoms with Gasteiger partial charge in [-0.2, -0.15) is 0 Å². The SMILES string of the molecule is NCCCCC(=O)NC(CCc1ccccc1)C(=O)Nc1cnc2ccccc2c1. The van der Waals surface area contributed by atoms with Crippen molar-refractivity contribution >= 4 is 28.4 Å². The van der Waals surface area contributed by atoms with Gasteiger partial charge in [-0.05, 0) is 49.9 Å². The third kappa shape index (κ3) is 6.39. The molecular formula is C24H28N4O2. The van der Waals surface area contributed by atoms with E-state index in [2.05, 4.69) is 15.6 Å². The second kappa shape index (κ2) is 11.1. The summed E-state index contributed by atoms with van der Waals surface area (Å²) in [6.07, 6.45) is 4.71. The normalized spacial score (nSPS) is 11.8. The molecule has 0 saturated carbocycles. The molecule has 6 nitrogen and oxygen atoms in total. The van der Waals surface area contributed by atoms with Crippen molar-refractivity contribution in [1.29, 1.82) is 0 Å². The van der Waals surface area contributed by atoms with Crippen LogP contribution in [0.4, 0.5) is 5.69 Å². The Labute approximate surface area is 176 Å². The van der Waals surface area contributed by atoms with Crippen LogP contribution in [0.3, 0.4) is 0 Å². The number of anilines is 1. The van der Waals surface area contributed by atoms with Gasteiger partial charge < -0.3 is 16.4 Å². The fraction of sp³-hybridized carbons (Fsp3) is 0.292. The molecule has 2 aromatic carbocycles. The molecule has 0 aliphatic carbocycles. The van der Waals surface area contributed by atoms with Gasteiger partial charge >= 0.3 is 0 Å². The molecule has 0 saturated heterocycles. The summed E-state index contributed by atoms with van der Waals surface area (Å²) < 4.78 is 0. The van der Waals surface area contributed by atoms with Gasteiger partial charge in [-0.15, -0.1) is 0 Å². The Bertz CT molecular complexity index is 975. The van der Waals surface area contributed by atoms with Crippen LogP contribution >= 0.6 is 0 Å². The monoisotopic (exact) mass is 404 g/mol. The van der Waals surface area contributed by atoms with Crippen molar-refractivity contribution < 1.29 is 9.59 Å². The number of pyridine rings is 1. The highest BCUT2D eigenvalue weighted by atomic mass is 16.2. The first-order chi connectivity index (χ1) is 14.7. The van der Waals surface area contributed by atoms with E-state index in [4.69, 9.17) is 5.73 Å². The van der Waals surface area contributed by atoms with Crippen LogP contribution < -0.4 is 16.4 Å². The number of nitrogens with zero attached hydrogens (tertiary/aromatic N) is 1. The number of nitrogens with two attached hydrogens (primary N) is 1. The Morgan fingerprint density at radius 2 is 1.77 bits per heavy atom. The summed E-state index contributed by atoms with van der Waals surface area (Å²) >= 11 is 0. The number of aromatic nitrogens is 1. The second-order valence-corrected chi connectivity index (χ2v) is 7.30. The van der Waals surface area contributed by atoms with Crippen molar-refractivity contribution in [3.8, 4) is 0 Å². The highest BCUT2D eigenvalue weighted by Crippen LogP contribution is 2.17. The third-order valence-corrected chi connectivity index (χ3v) is 4.93. The number of benzene rings is 2. The molecule has 0 fully saturated rings. The molecule has 1 unspecified atom stereocenters. The van der Waals surface area contributed by atoms with Gasteiger partial charge in [-0.25, -0.2) is 0 Å². The van der Waals surface area contributed by atoms with Gasteiger partial charge in [0.1, 0.15) is 6.04 Å². The first kappa shape index (κ1) is 21.5. The second-order valence-electron chi connectivity index (χ2n) is 7.30. The number of aryl methyl sites for hydroxylation is 1. The molecule has 2 amide bonds. The summed E-state index contributed by atoms with van der Waals surface area (Å²) in [6.45, 7) is 0.556. The minimum absolute atomic E-state index is 0.131. The fourth-order valence-corrected chi connectivity index (χ4v) is 3.29. The number of nitrogens with one attached hydrogen (secondary N) is 2. The zero-order chi connectivity index (χ0) is 21.2. The zero-order valence-electron chi connectivity index (χ0n) is 17.0. The first-order valence-corrected chi connectivity index (χ1v) is 10.3. The summed E-state index contributed by atoms with van der Waals surface area (Å²) in [4.78, 5) is 29.7. The van der Waals surface area contributed by atoms with Gasteiger partial charge in [0.15, 0.2) is 0 Å². The standard InChI is InChI=1S/C24H28N4O2/c25-15-7-6-12-23(29)28-22(14-13-18-8-2-1-3-9-18)24(30)27-20-16-19-10-4-5-11-21(19)26-17-20/h1-5,8-11,16-17,22H,6-7,12-15,25H2,(H,27,30)(H,28,29). The molecular weight excluding hydrogens is 376 g/mol. The molecule has 3 aromatic rings. The smallest absolute Gasteiger partial charge is 0.247 e. The highest BCUT2D eigenvalue weighted by molar-refractivity contribution is 5.98. The lowest BCUT2D eigenvalue weighted by atomic mass is 10.0. The van der Waals surface area contributed by atoms with E-state index in [0.717, 1.165) is 22.9 Å². The molecule has 30 heavy (non-hydrogen) atoms. The molecule has 0 aliphatic heterocycles. The van der Waals surface area contributed by atoms with Crippen LogP contribution in [0.15, 0.2) is 66.9 Å². The van der Waals surface area contributed by atoms with Crippen molar-refractivity contribution in [2.24, 2.45) is 5.73 Å². The number of hydrogen-bond acceptors (Lipinski definition) is 4. The number of unbranched alkanes of at least 4 members (excludes halogenated alkanes) is 1. The van der Waals surface area contributed by atoms with Gasteiger partial charge in [-0.3, -0.25) is 14.6 Å². The maximum atomic E-state index is 13.0. The molecule has 1 heterocycles. The topological polar surface area (TPSA) is 97.1 Å². The molecule has 1 aromatic heterocycles. The molecule has 3 rings (SSSR count). The number of rotatable bonds is 10. The van der Waals surface area contributed by atoms with Crippen LogP contribution in [0.5, 0.6) is 0 Å². The van der Waals surface area contributed by atoms with Crippen LogP contribution in [0.1, 0.15) is 31.2 Å². The van der Waals surface area contributed by atoms with Gasteiger partial charge in [0.25, 0.3) is 0 Å².